The lowest BCUT2D eigenvalue weighted by Crippen LogP contribution is -2.35. The highest BCUT2D eigenvalue weighted by Crippen LogP contribution is 2.33. The molecule has 1 aliphatic carbocycles. The lowest BCUT2D eigenvalue weighted by Gasteiger charge is -2.14. The Hall–Kier alpha value is -3.03. The minimum atomic E-state index is -0.0645. The Bertz CT molecular complexity index is 1010. The average molecular weight is 370 g/mol. The number of carbonyl (C=O) groups is 1. The van der Waals surface area contributed by atoms with Crippen molar-refractivity contribution in [2.75, 3.05) is 0 Å². The van der Waals surface area contributed by atoms with Crippen molar-refractivity contribution in [1.29, 1.82) is 5.26 Å². The summed E-state index contributed by atoms with van der Waals surface area (Å²) in [7, 11) is 0. The molecule has 1 N–H and O–H groups in total. The Labute approximate surface area is 163 Å². The van der Waals surface area contributed by atoms with Crippen LogP contribution in [0.2, 0.25) is 0 Å². The maximum Gasteiger partial charge on any atom is 0.252 e. The van der Waals surface area contributed by atoms with E-state index in [9.17, 15) is 10.1 Å². The van der Waals surface area contributed by atoms with Crippen LogP contribution in [0.5, 0.6) is 0 Å². The summed E-state index contributed by atoms with van der Waals surface area (Å²) in [4.78, 5) is 14.6. The molecule has 132 valence electrons. The molecule has 1 aliphatic rings. The third-order valence-electron chi connectivity index (χ3n) is 4.75. The number of fused-ring (bicyclic) bond motifs is 1. The number of hydrogen-bond donors (Lipinski definition) is 1. The zero-order chi connectivity index (χ0) is 18.6. The summed E-state index contributed by atoms with van der Waals surface area (Å²) in [6, 6.07) is 25.7. The standard InChI is InChI=1S/C23H18N2OS/c24-15-18-9-3-5-11-21(18)27-22-12-6-4-10-20(22)23(26)25-19-13-16-7-1-2-8-17(16)14-19/h1-12,19H,13-14H2,(H,25,26). The second-order valence-corrected chi connectivity index (χ2v) is 7.64. The molecule has 0 aliphatic heterocycles. The highest BCUT2D eigenvalue weighted by molar-refractivity contribution is 7.99. The monoisotopic (exact) mass is 370 g/mol. The van der Waals surface area contributed by atoms with Gasteiger partial charge in [-0.3, -0.25) is 4.79 Å². The van der Waals surface area contributed by atoms with Crippen LogP contribution in [-0.4, -0.2) is 11.9 Å². The largest absolute Gasteiger partial charge is 0.349 e. The fourth-order valence-electron chi connectivity index (χ4n) is 3.43. The van der Waals surface area contributed by atoms with E-state index >= 15 is 0 Å². The number of amides is 1. The second-order valence-electron chi connectivity index (χ2n) is 6.55. The van der Waals surface area contributed by atoms with E-state index in [0.29, 0.717) is 11.1 Å². The van der Waals surface area contributed by atoms with E-state index in [1.54, 1.807) is 6.07 Å². The normalized spacial score (nSPS) is 13.0. The molecule has 0 saturated carbocycles. The molecule has 0 aromatic heterocycles. The van der Waals surface area contributed by atoms with E-state index in [4.69, 9.17) is 0 Å². The smallest absolute Gasteiger partial charge is 0.252 e. The van der Waals surface area contributed by atoms with Gasteiger partial charge in [0.1, 0.15) is 6.07 Å². The van der Waals surface area contributed by atoms with E-state index in [2.05, 4.69) is 23.5 Å². The first-order valence-corrected chi connectivity index (χ1v) is 9.70. The van der Waals surface area contributed by atoms with Crippen LogP contribution in [0.3, 0.4) is 0 Å². The summed E-state index contributed by atoms with van der Waals surface area (Å²) >= 11 is 1.46. The summed E-state index contributed by atoms with van der Waals surface area (Å²) in [6.07, 6.45) is 1.74. The van der Waals surface area contributed by atoms with Crippen LogP contribution >= 0.6 is 11.8 Å². The number of rotatable bonds is 4. The molecule has 27 heavy (non-hydrogen) atoms. The van der Waals surface area contributed by atoms with Crippen LogP contribution < -0.4 is 5.32 Å². The quantitative estimate of drug-likeness (QED) is 0.730. The van der Waals surface area contributed by atoms with Crippen molar-refractivity contribution in [2.24, 2.45) is 0 Å². The van der Waals surface area contributed by atoms with E-state index < -0.39 is 0 Å². The topological polar surface area (TPSA) is 52.9 Å². The Morgan fingerprint density at radius 1 is 0.889 bits per heavy atom. The average Bonchev–Trinajstić information content (AvgIpc) is 3.11. The summed E-state index contributed by atoms with van der Waals surface area (Å²) in [5.41, 5.74) is 3.89. The molecule has 3 aromatic rings. The molecule has 4 heteroatoms. The van der Waals surface area contributed by atoms with Gasteiger partial charge in [-0.05, 0) is 48.2 Å². The molecule has 1 amide bonds. The number of nitriles is 1. The molecule has 3 nitrogen and oxygen atoms in total. The minimum absolute atomic E-state index is 0.0645. The van der Waals surface area contributed by atoms with Crippen LogP contribution in [0.25, 0.3) is 0 Å². The van der Waals surface area contributed by atoms with Crippen molar-refractivity contribution >= 4 is 17.7 Å². The molecule has 3 aromatic carbocycles. The molecule has 4 rings (SSSR count). The lowest BCUT2D eigenvalue weighted by atomic mass is 10.1. The lowest BCUT2D eigenvalue weighted by molar-refractivity contribution is 0.0935. The van der Waals surface area contributed by atoms with E-state index in [-0.39, 0.29) is 11.9 Å². The Balaban J connectivity index is 1.53. The van der Waals surface area contributed by atoms with Gasteiger partial charge in [0.2, 0.25) is 0 Å². The Morgan fingerprint density at radius 2 is 1.48 bits per heavy atom. The Kier molecular flexibility index (Phi) is 4.95. The van der Waals surface area contributed by atoms with Crippen LogP contribution in [-0.2, 0) is 12.8 Å². The highest BCUT2D eigenvalue weighted by Gasteiger charge is 2.23. The van der Waals surface area contributed by atoms with E-state index in [1.807, 2.05) is 54.6 Å². The molecular weight excluding hydrogens is 352 g/mol. The van der Waals surface area contributed by atoms with Crippen LogP contribution in [0.4, 0.5) is 0 Å². The maximum absolute atomic E-state index is 12.9. The third kappa shape index (κ3) is 3.74. The van der Waals surface area contributed by atoms with Crippen molar-refractivity contribution in [1.82, 2.24) is 5.32 Å². The molecule has 0 unspecified atom stereocenters. The highest BCUT2D eigenvalue weighted by atomic mass is 32.2. The van der Waals surface area contributed by atoms with Gasteiger partial charge in [0.05, 0.1) is 11.1 Å². The van der Waals surface area contributed by atoms with Gasteiger partial charge >= 0.3 is 0 Å². The van der Waals surface area contributed by atoms with Crippen LogP contribution in [0.15, 0.2) is 82.6 Å². The van der Waals surface area contributed by atoms with Gasteiger partial charge in [0.25, 0.3) is 5.91 Å². The van der Waals surface area contributed by atoms with E-state index in [0.717, 1.165) is 22.6 Å². The summed E-state index contributed by atoms with van der Waals surface area (Å²) in [5, 5.41) is 12.5. The molecule has 0 bridgehead atoms. The van der Waals surface area contributed by atoms with Gasteiger partial charge in [-0.1, -0.05) is 60.3 Å². The molecule has 0 heterocycles. The van der Waals surface area contributed by atoms with Gasteiger partial charge in [0, 0.05) is 15.8 Å². The predicted molar refractivity (Wildman–Crippen MR) is 107 cm³/mol. The molecule has 0 fully saturated rings. The van der Waals surface area contributed by atoms with Crippen molar-refractivity contribution < 1.29 is 4.79 Å². The third-order valence-corrected chi connectivity index (χ3v) is 5.90. The fourth-order valence-corrected chi connectivity index (χ4v) is 4.46. The van der Waals surface area contributed by atoms with Crippen molar-refractivity contribution in [3.63, 3.8) is 0 Å². The van der Waals surface area contributed by atoms with Crippen LogP contribution in [0.1, 0.15) is 27.0 Å². The number of nitrogens with zero attached hydrogens (tertiary/aromatic N) is 1. The zero-order valence-corrected chi connectivity index (χ0v) is 15.5. The van der Waals surface area contributed by atoms with Crippen molar-refractivity contribution in [3.05, 3.63) is 95.1 Å². The van der Waals surface area contributed by atoms with Crippen molar-refractivity contribution in [3.8, 4) is 6.07 Å². The van der Waals surface area contributed by atoms with Gasteiger partial charge in [0.15, 0.2) is 0 Å². The predicted octanol–water partition coefficient (Wildman–Crippen LogP) is 4.61. The summed E-state index contributed by atoms with van der Waals surface area (Å²) in [5.74, 6) is -0.0645. The first-order valence-electron chi connectivity index (χ1n) is 8.88. The Morgan fingerprint density at radius 3 is 2.19 bits per heavy atom. The van der Waals surface area contributed by atoms with Gasteiger partial charge in [-0.2, -0.15) is 5.26 Å². The molecule has 0 saturated heterocycles. The first kappa shape index (κ1) is 17.4. The number of carbonyl (C=O) groups excluding carboxylic acids is 1. The zero-order valence-electron chi connectivity index (χ0n) is 14.7. The number of nitrogens with one attached hydrogen (secondary N) is 1. The molecule has 0 radical (unpaired) electrons. The molecular formula is C23H18N2OS. The minimum Gasteiger partial charge on any atom is -0.349 e. The fraction of sp³-hybridized carbons (Fsp3) is 0.130. The molecule has 0 atom stereocenters. The summed E-state index contributed by atoms with van der Waals surface area (Å²) in [6.45, 7) is 0. The van der Waals surface area contributed by atoms with Gasteiger partial charge < -0.3 is 5.32 Å². The molecule has 0 spiro atoms. The van der Waals surface area contributed by atoms with Gasteiger partial charge in [-0.25, -0.2) is 0 Å². The summed E-state index contributed by atoms with van der Waals surface area (Å²) < 4.78 is 0. The number of hydrogen-bond acceptors (Lipinski definition) is 3. The van der Waals surface area contributed by atoms with Crippen molar-refractivity contribution in [2.45, 2.75) is 28.7 Å². The second kappa shape index (κ2) is 7.69. The number of benzene rings is 3. The van der Waals surface area contributed by atoms with Crippen LogP contribution in [0, 0.1) is 11.3 Å². The maximum atomic E-state index is 12.9. The SMILES string of the molecule is N#Cc1ccccc1Sc1ccccc1C(=O)NC1Cc2ccccc2C1. The van der Waals surface area contributed by atoms with Gasteiger partial charge in [-0.15, -0.1) is 0 Å². The van der Waals surface area contributed by atoms with E-state index in [1.165, 1.54) is 22.9 Å². The first-order chi connectivity index (χ1) is 13.2.